The number of nitrogens with two attached hydrogens (primary N) is 1. The molecule has 1 aliphatic carbocycles. The predicted molar refractivity (Wildman–Crippen MR) is 89.2 cm³/mol. The lowest BCUT2D eigenvalue weighted by Gasteiger charge is -2.32. The summed E-state index contributed by atoms with van der Waals surface area (Å²) >= 11 is 3.54. The molecule has 1 saturated carbocycles. The molecule has 0 aromatic carbocycles. The monoisotopic (exact) mass is 339 g/mol. The number of nitrogens with zero attached hydrogens (tertiary/aromatic N) is 2. The number of rotatable bonds is 5. The molecule has 0 aliphatic heterocycles. The third-order valence-corrected chi connectivity index (χ3v) is 5.03. The normalized spacial score (nSPS) is 16.9. The van der Waals surface area contributed by atoms with Gasteiger partial charge < -0.3 is 10.6 Å². The molecule has 112 valence electrons. The first-order valence-electron chi connectivity index (χ1n) is 7.81. The average Bonchev–Trinajstić information content (AvgIpc) is 2.72. The minimum Gasteiger partial charge on any atom is -0.354 e. The van der Waals surface area contributed by atoms with Gasteiger partial charge in [0.1, 0.15) is 5.82 Å². The maximum absolute atomic E-state index is 5.71. The Hall–Kier alpha value is -0.610. The van der Waals surface area contributed by atoms with E-state index in [4.69, 9.17) is 5.73 Å². The number of aromatic nitrogens is 1. The molecule has 1 heterocycles. The molecule has 0 unspecified atom stereocenters. The van der Waals surface area contributed by atoms with Crippen molar-refractivity contribution in [2.24, 2.45) is 5.73 Å². The van der Waals surface area contributed by atoms with Gasteiger partial charge in [-0.05, 0) is 60.3 Å². The highest BCUT2D eigenvalue weighted by molar-refractivity contribution is 9.10. The van der Waals surface area contributed by atoms with Crippen molar-refractivity contribution in [2.45, 2.75) is 57.9 Å². The van der Waals surface area contributed by atoms with Gasteiger partial charge in [0, 0.05) is 23.3 Å². The van der Waals surface area contributed by atoms with Crippen LogP contribution >= 0.6 is 15.9 Å². The van der Waals surface area contributed by atoms with E-state index in [1.54, 1.807) is 0 Å². The summed E-state index contributed by atoms with van der Waals surface area (Å²) in [4.78, 5) is 7.13. The van der Waals surface area contributed by atoms with Crippen molar-refractivity contribution in [1.82, 2.24) is 4.98 Å². The molecule has 1 aromatic heterocycles. The van der Waals surface area contributed by atoms with Crippen molar-refractivity contribution in [3.63, 3.8) is 0 Å². The van der Waals surface area contributed by atoms with Crippen LogP contribution in [0.25, 0.3) is 0 Å². The molecule has 1 fully saturated rings. The van der Waals surface area contributed by atoms with Crippen LogP contribution < -0.4 is 10.6 Å². The van der Waals surface area contributed by atoms with Crippen molar-refractivity contribution < 1.29 is 0 Å². The SMILES string of the molecule is Cc1cc(N(CCCN)C2CCCCCC2)ncc1Br. The van der Waals surface area contributed by atoms with E-state index in [-0.39, 0.29) is 0 Å². The fourth-order valence-electron chi connectivity index (χ4n) is 3.00. The van der Waals surface area contributed by atoms with Gasteiger partial charge in [-0.25, -0.2) is 4.98 Å². The third kappa shape index (κ3) is 4.19. The van der Waals surface area contributed by atoms with E-state index >= 15 is 0 Å². The van der Waals surface area contributed by atoms with E-state index in [9.17, 15) is 0 Å². The number of hydrogen-bond acceptors (Lipinski definition) is 3. The Labute approximate surface area is 131 Å². The molecule has 2 rings (SSSR count). The quantitative estimate of drug-likeness (QED) is 0.823. The average molecular weight is 340 g/mol. The first kappa shape index (κ1) is 15.8. The molecule has 2 N–H and O–H groups in total. The molecule has 0 bridgehead atoms. The van der Waals surface area contributed by atoms with Gasteiger partial charge in [0.05, 0.1) is 0 Å². The largest absolute Gasteiger partial charge is 0.354 e. The maximum atomic E-state index is 5.71. The minimum absolute atomic E-state index is 0.636. The first-order chi connectivity index (χ1) is 9.72. The zero-order valence-corrected chi connectivity index (χ0v) is 14.0. The van der Waals surface area contributed by atoms with Crippen molar-refractivity contribution in [3.8, 4) is 0 Å². The van der Waals surface area contributed by atoms with Crippen LogP contribution in [0.1, 0.15) is 50.5 Å². The summed E-state index contributed by atoms with van der Waals surface area (Å²) in [5, 5.41) is 0. The zero-order valence-electron chi connectivity index (χ0n) is 12.4. The Bertz CT molecular complexity index is 414. The number of pyridine rings is 1. The summed E-state index contributed by atoms with van der Waals surface area (Å²) in [6, 6.07) is 2.84. The van der Waals surface area contributed by atoms with Gasteiger partial charge in [-0.3, -0.25) is 0 Å². The van der Waals surface area contributed by atoms with Gasteiger partial charge in [0.15, 0.2) is 0 Å². The topological polar surface area (TPSA) is 42.1 Å². The van der Waals surface area contributed by atoms with E-state index in [2.05, 4.69) is 38.8 Å². The Morgan fingerprint density at radius 3 is 2.60 bits per heavy atom. The van der Waals surface area contributed by atoms with Crippen LogP contribution in [-0.4, -0.2) is 24.1 Å². The lowest BCUT2D eigenvalue weighted by atomic mass is 10.1. The maximum Gasteiger partial charge on any atom is 0.129 e. The van der Waals surface area contributed by atoms with Gasteiger partial charge in [-0.1, -0.05) is 25.7 Å². The van der Waals surface area contributed by atoms with Gasteiger partial charge in [0.25, 0.3) is 0 Å². The van der Waals surface area contributed by atoms with Crippen molar-refractivity contribution in [1.29, 1.82) is 0 Å². The van der Waals surface area contributed by atoms with Gasteiger partial charge in [0.2, 0.25) is 0 Å². The second kappa shape index (κ2) is 7.99. The summed E-state index contributed by atoms with van der Waals surface area (Å²) < 4.78 is 1.08. The lowest BCUT2D eigenvalue weighted by Crippen LogP contribution is -2.37. The second-order valence-corrected chi connectivity index (χ2v) is 6.63. The number of aryl methyl sites for hydroxylation is 1. The summed E-state index contributed by atoms with van der Waals surface area (Å²) in [6.07, 6.45) is 11.0. The Kier molecular flexibility index (Phi) is 6.30. The third-order valence-electron chi connectivity index (χ3n) is 4.20. The number of hydrogen-bond donors (Lipinski definition) is 1. The van der Waals surface area contributed by atoms with Crippen LogP contribution in [0.2, 0.25) is 0 Å². The molecule has 1 aromatic rings. The number of anilines is 1. The van der Waals surface area contributed by atoms with E-state index in [1.165, 1.54) is 44.1 Å². The zero-order chi connectivity index (χ0) is 14.4. The van der Waals surface area contributed by atoms with Crippen LogP contribution in [0.4, 0.5) is 5.82 Å². The molecule has 4 heteroatoms. The van der Waals surface area contributed by atoms with E-state index < -0.39 is 0 Å². The van der Waals surface area contributed by atoms with Crippen molar-refractivity contribution in [2.75, 3.05) is 18.0 Å². The molecular formula is C16H26BrN3. The molecule has 1 aliphatic rings. The second-order valence-electron chi connectivity index (χ2n) is 5.77. The summed E-state index contributed by atoms with van der Waals surface area (Å²) in [6.45, 7) is 3.90. The fourth-order valence-corrected chi connectivity index (χ4v) is 3.21. The standard InChI is InChI=1S/C16H26BrN3/c1-13-11-16(19-12-15(13)17)20(10-6-9-18)14-7-4-2-3-5-8-14/h11-12,14H,2-10,18H2,1H3. The Morgan fingerprint density at radius 1 is 1.30 bits per heavy atom. The lowest BCUT2D eigenvalue weighted by molar-refractivity contribution is 0.515. The molecular weight excluding hydrogens is 314 g/mol. The van der Waals surface area contributed by atoms with E-state index in [1.807, 2.05) is 6.20 Å². The molecule has 0 amide bonds. The molecule has 0 saturated heterocycles. The Balaban J connectivity index is 2.18. The Morgan fingerprint density at radius 2 is 2.00 bits per heavy atom. The highest BCUT2D eigenvalue weighted by atomic mass is 79.9. The highest BCUT2D eigenvalue weighted by Gasteiger charge is 2.21. The minimum atomic E-state index is 0.636. The van der Waals surface area contributed by atoms with Crippen LogP contribution in [0.5, 0.6) is 0 Å². The molecule has 0 radical (unpaired) electrons. The highest BCUT2D eigenvalue weighted by Crippen LogP contribution is 2.27. The van der Waals surface area contributed by atoms with Gasteiger partial charge >= 0.3 is 0 Å². The smallest absolute Gasteiger partial charge is 0.129 e. The van der Waals surface area contributed by atoms with Crippen molar-refractivity contribution >= 4 is 21.7 Å². The summed E-state index contributed by atoms with van der Waals surface area (Å²) in [7, 11) is 0. The first-order valence-corrected chi connectivity index (χ1v) is 8.60. The predicted octanol–water partition coefficient (Wildman–Crippen LogP) is 4.03. The summed E-state index contributed by atoms with van der Waals surface area (Å²) in [5.74, 6) is 1.12. The molecule has 0 spiro atoms. The van der Waals surface area contributed by atoms with Crippen molar-refractivity contribution in [3.05, 3.63) is 22.3 Å². The molecule has 3 nitrogen and oxygen atoms in total. The van der Waals surface area contributed by atoms with Crippen LogP contribution in [0.3, 0.4) is 0 Å². The molecule has 20 heavy (non-hydrogen) atoms. The summed E-state index contributed by atoms with van der Waals surface area (Å²) in [5.41, 5.74) is 6.97. The van der Waals surface area contributed by atoms with Gasteiger partial charge in [-0.2, -0.15) is 0 Å². The van der Waals surface area contributed by atoms with Crippen LogP contribution in [0.15, 0.2) is 16.7 Å². The fraction of sp³-hybridized carbons (Fsp3) is 0.688. The van der Waals surface area contributed by atoms with Gasteiger partial charge in [-0.15, -0.1) is 0 Å². The van der Waals surface area contributed by atoms with E-state index in [0.29, 0.717) is 6.04 Å². The van der Waals surface area contributed by atoms with Crippen LogP contribution in [0, 0.1) is 6.92 Å². The molecule has 0 atom stereocenters. The van der Waals surface area contributed by atoms with E-state index in [0.717, 1.165) is 29.8 Å². The van der Waals surface area contributed by atoms with Crippen LogP contribution in [-0.2, 0) is 0 Å². The number of halogens is 1.